The van der Waals surface area contributed by atoms with Crippen LogP contribution < -0.4 is 5.32 Å². The van der Waals surface area contributed by atoms with Crippen LogP contribution in [0.25, 0.3) is 0 Å². The average molecular weight is 282 g/mol. The SMILES string of the molecule is CC(C)(CNCc1ccc(C(=O)O)o1)N1CCOCC1. The second-order valence-electron chi connectivity index (χ2n) is 5.59. The molecule has 0 saturated carbocycles. The van der Waals surface area contributed by atoms with Crippen molar-refractivity contribution in [2.75, 3.05) is 32.8 Å². The zero-order valence-corrected chi connectivity index (χ0v) is 12.0. The van der Waals surface area contributed by atoms with Crippen molar-refractivity contribution < 1.29 is 19.1 Å². The lowest BCUT2D eigenvalue weighted by Crippen LogP contribution is -2.54. The maximum absolute atomic E-state index is 10.7. The van der Waals surface area contributed by atoms with E-state index in [-0.39, 0.29) is 11.3 Å². The van der Waals surface area contributed by atoms with E-state index in [0.29, 0.717) is 12.3 Å². The van der Waals surface area contributed by atoms with Gasteiger partial charge >= 0.3 is 5.97 Å². The van der Waals surface area contributed by atoms with E-state index in [0.717, 1.165) is 32.8 Å². The summed E-state index contributed by atoms with van der Waals surface area (Å²) in [6, 6.07) is 3.17. The molecular weight excluding hydrogens is 260 g/mol. The van der Waals surface area contributed by atoms with Gasteiger partial charge in [-0.1, -0.05) is 0 Å². The van der Waals surface area contributed by atoms with Crippen molar-refractivity contribution in [3.8, 4) is 0 Å². The van der Waals surface area contributed by atoms with Crippen LogP contribution in [0.4, 0.5) is 0 Å². The van der Waals surface area contributed by atoms with Gasteiger partial charge in [0.2, 0.25) is 5.76 Å². The number of nitrogens with zero attached hydrogens (tertiary/aromatic N) is 1. The van der Waals surface area contributed by atoms with E-state index in [1.54, 1.807) is 6.07 Å². The molecule has 2 heterocycles. The summed E-state index contributed by atoms with van der Waals surface area (Å²) in [6.45, 7) is 9.16. The minimum absolute atomic E-state index is 0.0192. The Balaban J connectivity index is 1.80. The van der Waals surface area contributed by atoms with Crippen molar-refractivity contribution >= 4 is 5.97 Å². The first kappa shape index (κ1) is 15.0. The molecule has 112 valence electrons. The van der Waals surface area contributed by atoms with Crippen LogP contribution in [0, 0.1) is 0 Å². The molecule has 2 N–H and O–H groups in total. The Morgan fingerprint density at radius 1 is 1.40 bits per heavy atom. The normalized spacial score (nSPS) is 17.3. The van der Waals surface area contributed by atoms with Crippen LogP contribution in [0.3, 0.4) is 0 Å². The third-order valence-electron chi connectivity index (χ3n) is 3.60. The average Bonchev–Trinajstić information content (AvgIpc) is 2.89. The summed E-state index contributed by atoms with van der Waals surface area (Å²) < 4.78 is 10.6. The summed E-state index contributed by atoms with van der Waals surface area (Å²) in [5.41, 5.74) is 0.0337. The van der Waals surface area contributed by atoms with Crippen molar-refractivity contribution in [2.45, 2.75) is 25.9 Å². The second kappa shape index (κ2) is 6.39. The Labute approximate surface area is 118 Å². The van der Waals surface area contributed by atoms with Gasteiger partial charge < -0.3 is 19.6 Å². The largest absolute Gasteiger partial charge is 0.475 e. The predicted octanol–water partition coefficient (Wildman–Crippen LogP) is 1.18. The number of furan rings is 1. The Kier molecular flexibility index (Phi) is 4.80. The van der Waals surface area contributed by atoms with Gasteiger partial charge in [-0.05, 0) is 26.0 Å². The number of hydrogen-bond acceptors (Lipinski definition) is 5. The number of hydrogen-bond donors (Lipinski definition) is 2. The molecule has 1 fully saturated rings. The zero-order valence-electron chi connectivity index (χ0n) is 12.0. The van der Waals surface area contributed by atoms with Crippen molar-refractivity contribution in [3.05, 3.63) is 23.7 Å². The smallest absolute Gasteiger partial charge is 0.371 e. The first-order chi connectivity index (χ1) is 9.49. The number of aromatic carboxylic acids is 1. The fourth-order valence-corrected chi connectivity index (χ4v) is 2.36. The first-order valence-electron chi connectivity index (χ1n) is 6.84. The van der Waals surface area contributed by atoms with E-state index in [2.05, 4.69) is 24.1 Å². The van der Waals surface area contributed by atoms with Gasteiger partial charge in [0, 0.05) is 25.2 Å². The highest BCUT2D eigenvalue weighted by molar-refractivity contribution is 5.84. The summed E-state index contributed by atoms with van der Waals surface area (Å²) >= 11 is 0. The van der Waals surface area contributed by atoms with Crippen LogP contribution in [0.1, 0.15) is 30.2 Å². The van der Waals surface area contributed by atoms with Crippen molar-refractivity contribution in [3.63, 3.8) is 0 Å². The van der Waals surface area contributed by atoms with Crippen LogP contribution >= 0.6 is 0 Å². The highest BCUT2D eigenvalue weighted by atomic mass is 16.5. The van der Waals surface area contributed by atoms with E-state index in [4.69, 9.17) is 14.3 Å². The zero-order chi connectivity index (χ0) is 14.6. The number of rotatable bonds is 6. The molecule has 1 aromatic heterocycles. The van der Waals surface area contributed by atoms with Crippen molar-refractivity contribution in [2.24, 2.45) is 0 Å². The molecule has 0 unspecified atom stereocenters. The second-order valence-corrected chi connectivity index (χ2v) is 5.59. The van der Waals surface area contributed by atoms with Crippen LogP contribution in [0.2, 0.25) is 0 Å². The Bertz CT molecular complexity index is 450. The van der Waals surface area contributed by atoms with Gasteiger partial charge in [0.05, 0.1) is 19.8 Å². The van der Waals surface area contributed by atoms with E-state index in [1.165, 1.54) is 6.07 Å². The van der Waals surface area contributed by atoms with E-state index in [1.807, 2.05) is 0 Å². The molecule has 1 aromatic rings. The summed E-state index contributed by atoms with van der Waals surface area (Å²) in [4.78, 5) is 13.1. The van der Waals surface area contributed by atoms with E-state index >= 15 is 0 Å². The molecule has 1 saturated heterocycles. The van der Waals surface area contributed by atoms with Gasteiger partial charge in [-0.15, -0.1) is 0 Å². The lowest BCUT2D eigenvalue weighted by atomic mass is 10.0. The maximum atomic E-state index is 10.7. The number of ether oxygens (including phenoxy) is 1. The first-order valence-corrected chi connectivity index (χ1v) is 6.84. The van der Waals surface area contributed by atoms with Gasteiger partial charge in [0.15, 0.2) is 0 Å². The number of carbonyl (C=O) groups is 1. The van der Waals surface area contributed by atoms with Crippen molar-refractivity contribution in [1.82, 2.24) is 10.2 Å². The van der Waals surface area contributed by atoms with Gasteiger partial charge in [0.1, 0.15) is 5.76 Å². The summed E-state index contributed by atoms with van der Waals surface area (Å²) in [6.07, 6.45) is 0. The monoisotopic (exact) mass is 282 g/mol. The highest BCUT2D eigenvalue weighted by Gasteiger charge is 2.27. The quantitative estimate of drug-likeness (QED) is 0.816. The molecule has 6 nitrogen and oxygen atoms in total. The molecule has 0 bridgehead atoms. The van der Waals surface area contributed by atoms with Gasteiger partial charge in [-0.3, -0.25) is 4.90 Å². The number of carboxylic acids is 1. The number of carboxylic acid groups (broad SMARTS) is 1. The molecule has 1 aliphatic rings. The minimum Gasteiger partial charge on any atom is -0.475 e. The molecule has 0 spiro atoms. The van der Waals surface area contributed by atoms with E-state index in [9.17, 15) is 4.79 Å². The van der Waals surface area contributed by atoms with Crippen LogP contribution in [0.5, 0.6) is 0 Å². The standard InChI is InChI=1S/C14H22N2O4/c1-14(2,16-5-7-19-8-6-16)10-15-9-11-3-4-12(20-11)13(17)18/h3-4,15H,5-10H2,1-2H3,(H,17,18). The van der Waals surface area contributed by atoms with Crippen LogP contribution in [-0.4, -0.2) is 54.4 Å². The molecular formula is C14H22N2O4. The molecule has 0 atom stereocenters. The molecule has 0 aromatic carbocycles. The van der Waals surface area contributed by atoms with Crippen LogP contribution in [0.15, 0.2) is 16.5 Å². The molecule has 1 aliphatic heterocycles. The Hall–Kier alpha value is -1.37. The number of morpholine rings is 1. The summed E-state index contributed by atoms with van der Waals surface area (Å²) in [5, 5.41) is 12.1. The summed E-state index contributed by atoms with van der Waals surface area (Å²) in [5.74, 6) is -0.417. The minimum atomic E-state index is -1.04. The Morgan fingerprint density at radius 2 is 2.10 bits per heavy atom. The highest BCUT2D eigenvalue weighted by Crippen LogP contribution is 2.15. The predicted molar refractivity (Wildman–Crippen MR) is 73.8 cm³/mol. The molecule has 0 aliphatic carbocycles. The summed E-state index contributed by atoms with van der Waals surface area (Å²) in [7, 11) is 0. The fraction of sp³-hybridized carbons (Fsp3) is 0.643. The molecule has 0 radical (unpaired) electrons. The van der Waals surface area contributed by atoms with E-state index < -0.39 is 5.97 Å². The number of nitrogens with one attached hydrogen (secondary N) is 1. The van der Waals surface area contributed by atoms with Crippen molar-refractivity contribution in [1.29, 1.82) is 0 Å². The molecule has 20 heavy (non-hydrogen) atoms. The third-order valence-corrected chi connectivity index (χ3v) is 3.60. The molecule has 2 rings (SSSR count). The maximum Gasteiger partial charge on any atom is 0.371 e. The molecule has 0 amide bonds. The van der Waals surface area contributed by atoms with Gasteiger partial charge in [-0.25, -0.2) is 4.79 Å². The lowest BCUT2D eigenvalue weighted by Gasteiger charge is -2.41. The molecule has 6 heteroatoms. The Morgan fingerprint density at radius 3 is 2.70 bits per heavy atom. The fourth-order valence-electron chi connectivity index (χ4n) is 2.36. The lowest BCUT2D eigenvalue weighted by molar-refractivity contribution is -0.00977. The van der Waals surface area contributed by atoms with Gasteiger partial charge in [-0.2, -0.15) is 0 Å². The topological polar surface area (TPSA) is 74.9 Å². The third kappa shape index (κ3) is 3.82. The van der Waals surface area contributed by atoms with Crippen LogP contribution in [-0.2, 0) is 11.3 Å². The van der Waals surface area contributed by atoms with Gasteiger partial charge in [0.25, 0.3) is 0 Å².